The first-order valence-corrected chi connectivity index (χ1v) is 2.37. The van der Waals surface area contributed by atoms with Crippen molar-refractivity contribution in [2.45, 2.75) is 0 Å². The van der Waals surface area contributed by atoms with Gasteiger partial charge in [0.1, 0.15) is 0 Å². The van der Waals surface area contributed by atoms with Gasteiger partial charge < -0.3 is 14.8 Å². The van der Waals surface area contributed by atoms with Crippen LogP contribution >= 0.6 is 0 Å². The molecular weight excluding hydrogens is 107 g/mol. The molecule has 0 bridgehead atoms. The van der Waals surface area contributed by atoms with Gasteiger partial charge >= 0.3 is 7.55 Å². The molecule has 48 valence electrons. The molecule has 0 saturated carbocycles. The molecule has 0 aromatic heterocycles. The van der Waals surface area contributed by atoms with Crippen LogP contribution in [0.5, 0.6) is 0 Å². The van der Waals surface area contributed by atoms with Crippen molar-refractivity contribution in [3.05, 3.63) is 0 Å². The standard InChI is InChI=1S/C3H11BN2O2/c1-7-3-5-4-6-8-2/h4-6H,3H2,1-2H3. The van der Waals surface area contributed by atoms with E-state index >= 15 is 0 Å². The number of hydrogen-bond acceptors (Lipinski definition) is 4. The van der Waals surface area contributed by atoms with E-state index in [9.17, 15) is 0 Å². The molecule has 0 saturated heterocycles. The molecule has 0 radical (unpaired) electrons. The molecule has 5 heteroatoms. The molecule has 0 heterocycles. The highest BCUT2D eigenvalue weighted by Crippen LogP contribution is 1.53. The molecule has 0 atom stereocenters. The predicted octanol–water partition coefficient (Wildman–Crippen LogP) is -1.40. The molecule has 0 aromatic rings. The van der Waals surface area contributed by atoms with Crippen LogP contribution in [-0.2, 0) is 9.57 Å². The van der Waals surface area contributed by atoms with Gasteiger partial charge in [-0.3, -0.25) is 0 Å². The lowest BCUT2D eigenvalue weighted by molar-refractivity contribution is 0.146. The van der Waals surface area contributed by atoms with Crippen LogP contribution in [0.1, 0.15) is 0 Å². The molecule has 0 aliphatic heterocycles. The quantitative estimate of drug-likeness (QED) is 0.201. The first-order valence-electron chi connectivity index (χ1n) is 2.37. The minimum atomic E-state index is 0.538. The Morgan fingerprint density at radius 3 is 2.75 bits per heavy atom. The van der Waals surface area contributed by atoms with Gasteiger partial charge in [0.15, 0.2) is 0 Å². The van der Waals surface area contributed by atoms with E-state index in [2.05, 4.69) is 20.2 Å². The molecular formula is C3H11BN2O2. The van der Waals surface area contributed by atoms with E-state index in [1.165, 1.54) is 0 Å². The Balaban J connectivity index is 2.53. The Morgan fingerprint density at radius 1 is 1.50 bits per heavy atom. The average Bonchev–Trinajstić information content (AvgIpc) is 1.81. The van der Waals surface area contributed by atoms with Crippen LogP contribution in [0.15, 0.2) is 0 Å². The van der Waals surface area contributed by atoms with Crippen LogP contribution in [0.4, 0.5) is 0 Å². The highest BCUT2D eigenvalue weighted by molar-refractivity contribution is 6.27. The van der Waals surface area contributed by atoms with Gasteiger partial charge in [-0.25, -0.2) is 5.39 Å². The summed E-state index contributed by atoms with van der Waals surface area (Å²) < 4.78 is 4.68. The Hall–Kier alpha value is -0.0951. The van der Waals surface area contributed by atoms with Gasteiger partial charge in [0, 0.05) is 7.11 Å². The van der Waals surface area contributed by atoms with E-state index in [0.29, 0.717) is 14.3 Å². The zero-order chi connectivity index (χ0) is 6.24. The lowest BCUT2D eigenvalue weighted by Crippen LogP contribution is -2.33. The van der Waals surface area contributed by atoms with Crippen LogP contribution in [0.25, 0.3) is 0 Å². The molecule has 0 aliphatic carbocycles. The fraction of sp³-hybridized carbons (Fsp3) is 1.00. The monoisotopic (exact) mass is 118 g/mol. The van der Waals surface area contributed by atoms with Gasteiger partial charge in [-0.05, 0) is 0 Å². The minimum absolute atomic E-state index is 0.538. The molecule has 0 fully saturated rings. The summed E-state index contributed by atoms with van der Waals surface area (Å²) in [5, 5.41) is 5.47. The van der Waals surface area contributed by atoms with Crippen molar-refractivity contribution in [1.29, 1.82) is 0 Å². The van der Waals surface area contributed by atoms with Gasteiger partial charge in [0.25, 0.3) is 0 Å². The Bertz CT molecular complexity index is 40.3. The lowest BCUT2D eigenvalue weighted by atomic mass is 10.2. The normalized spacial score (nSPS) is 9.25. The fourth-order valence-electron chi connectivity index (χ4n) is 0.276. The molecule has 0 aromatic carbocycles. The molecule has 8 heavy (non-hydrogen) atoms. The van der Waals surface area contributed by atoms with Crippen LogP contribution in [0, 0.1) is 0 Å². The van der Waals surface area contributed by atoms with E-state index in [4.69, 9.17) is 0 Å². The smallest absolute Gasteiger partial charge is 0.314 e. The second-order valence-corrected chi connectivity index (χ2v) is 1.21. The topological polar surface area (TPSA) is 42.5 Å². The highest BCUT2D eigenvalue weighted by atomic mass is 16.6. The van der Waals surface area contributed by atoms with Crippen molar-refractivity contribution in [2.75, 3.05) is 21.0 Å². The van der Waals surface area contributed by atoms with Gasteiger partial charge in [-0.1, -0.05) is 0 Å². The number of nitrogens with one attached hydrogen (secondary N) is 2. The van der Waals surface area contributed by atoms with Crippen molar-refractivity contribution >= 4 is 7.55 Å². The van der Waals surface area contributed by atoms with Gasteiger partial charge in [-0.15, -0.1) is 0 Å². The molecule has 0 aliphatic rings. The Kier molecular flexibility index (Phi) is 6.82. The van der Waals surface area contributed by atoms with Crippen molar-refractivity contribution in [2.24, 2.45) is 0 Å². The van der Waals surface area contributed by atoms with E-state index in [1.807, 2.05) is 0 Å². The summed E-state index contributed by atoms with van der Waals surface area (Å²) in [4.78, 5) is 4.52. The summed E-state index contributed by atoms with van der Waals surface area (Å²) in [5.74, 6) is 0. The van der Waals surface area contributed by atoms with Crippen molar-refractivity contribution in [3.63, 3.8) is 0 Å². The minimum Gasteiger partial charge on any atom is -0.371 e. The van der Waals surface area contributed by atoms with E-state index in [0.717, 1.165) is 0 Å². The zero-order valence-electron chi connectivity index (χ0n) is 5.23. The number of hydrogen-bond donors (Lipinski definition) is 2. The maximum Gasteiger partial charge on any atom is 0.314 e. The van der Waals surface area contributed by atoms with Gasteiger partial charge in [-0.2, -0.15) is 0 Å². The van der Waals surface area contributed by atoms with E-state index < -0.39 is 0 Å². The average molecular weight is 118 g/mol. The first kappa shape index (κ1) is 7.90. The van der Waals surface area contributed by atoms with Gasteiger partial charge in [0.2, 0.25) is 0 Å². The third kappa shape index (κ3) is 5.90. The summed E-state index contributed by atoms with van der Waals surface area (Å²) in [7, 11) is 3.79. The first-order chi connectivity index (χ1) is 3.91. The highest BCUT2D eigenvalue weighted by Gasteiger charge is 1.83. The van der Waals surface area contributed by atoms with Crippen molar-refractivity contribution in [1.82, 2.24) is 10.6 Å². The van der Waals surface area contributed by atoms with Crippen molar-refractivity contribution < 1.29 is 9.57 Å². The summed E-state index contributed by atoms with van der Waals surface area (Å²) in [5.41, 5.74) is 0. The predicted molar refractivity (Wildman–Crippen MR) is 32.3 cm³/mol. The number of ether oxygens (including phenoxy) is 1. The molecule has 0 amide bonds. The van der Waals surface area contributed by atoms with Crippen LogP contribution in [0.3, 0.4) is 0 Å². The Morgan fingerprint density at radius 2 is 2.25 bits per heavy atom. The third-order valence-electron chi connectivity index (χ3n) is 0.588. The maximum absolute atomic E-state index is 4.68. The zero-order valence-corrected chi connectivity index (χ0v) is 5.23. The molecule has 2 N–H and O–H groups in total. The molecule has 0 rings (SSSR count). The SMILES string of the molecule is COCNBNOC. The number of methoxy groups -OCH3 is 1. The van der Waals surface area contributed by atoms with Crippen LogP contribution in [-0.4, -0.2) is 28.5 Å². The molecule has 0 spiro atoms. The van der Waals surface area contributed by atoms with Gasteiger partial charge in [0.05, 0.1) is 13.8 Å². The molecule has 4 nitrogen and oxygen atoms in total. The second-order valence-electron chi connectivity index (χ2n) is 1.21. The second kappa shape index (κ2) is 6.90. The Labute approximate surface area is 49.8 Å². The van der Waals surface area contributed by atoms with E-state index in [1.54, 1.807) is 14.2 Å². The largest absolute Gasteiger partial charge is 0.371 e. The summed E-state index contributed by atoms with van der Waals surface area (Å²) in [6, 6.07) is 0. The van der Waals surface area contributed by atoms with E-state index in [-0.39, 0.29) is 0 Å². The maximum atomic E-state index is 4.68. The molecule has 0 unspecified atom stereocenters. The van der Waals surface area contributed by atoms with Crippen molar-refractivity contribution in [3.8, 4) is 0 Å². The third-order valence-corrected chi connectivity index (χ3v) is 0.588. The lowest BCUT2D eigenvalue weighted by Gasteiger charge is -1.99. The van der Waals surface area contributed by atoms with Crippen LogP contribution in [0.2, 0.25) is 0 Å². The summed E-state index contributed by atoms with van der Waals surface area (Å²) >= 11 is 0. The summed E-state index contributed by atoms with van der Waals surface area (Å²) in [6.07, 6.45) is 0. The fourth-order valence-corrected chi connectivity index (χ4v) is 0.276. The summed E-state index contributed by atoms with van der Waals surface area (Å²) in [6.45, 7) is 0.538. The van der Waals surface area contributed by atoms with Crippen LogP contribution < -0.4 is 10.6 Å². The number of rotatable bonds is 5.